The van der Waals surface area contributed by atoms with E-state index in [1.54, 1.807) is 45.4 Å². The topological polar surface area (TPSA) is 86.8 Å². The van der Waals surface area contributed by atoms with Gasteiger partial charge in [0.25, 0.3) is 5.91 Å². The van der Waals surface area contributed by atoms with E-state index in [1.165, 1.54) is 23.7 Å². The predicted molar refractivity (Wildman–Crippen MR) is 116 cm³/mol. The number of thiophene rings is 1. The lowest BCUT2D eigenvalue weighted by molar-refractivity contribution is 0.0529. The van der Waals surface area contributed by atoms with Crippen LogP contribution in [0, 0.1) is 6.92 Å². The molecule has 0 spiro atoms. The molecule has 0 aliphatic rings. The number of ether oxygens (including phenoxy) is 3. The van der Waals surface area contributed by atoms with Crippen LogP contribution in [-0.4, -0.2) is 37.7 Å². The number of carbonyl (C=O) groups is 2. The van der Waals surface area contributed by atoms with Crippen LogP contribution in [0.2, 0.25) is 0 Å². The zero-order chi connectivity index (χ0) is 21.7. The first-order valence-corrected chi connectivity index (χ1v) is 10.1. The summed E-state index contributed by atoms with van der Waals surface area (Å²) < 4.78 is 16.0. The van der Waals surface area contributed by atoms with Gasteiger partial charge in [0.2, 0.25) is 0 Å². The smallest absolute Gasteiger partial charge is 0.341 e. The Balaban J connectivity index is 2.10. The fourth-order valence-electron chi connectivity index (χ4n) is 3.05. The Labute approximate surface area is 178 Å². The van der Waals surface area contributed by atoms with Crippen LogP contribution in [0.1, 0.15) is 32.5 Å². The number of nitrogens with zero attached hydrogens (tertiary/aromatic N) is 1. The van der Waals surface area contributed by atoms with Crippen molar-refractivity contribution in [2.24, 2.45) is 0 Å². The summed E-state index contributed by atoms with van der Waals surface area (Å²) in [4.78, 5) is 30.3. The maximum absolute atomic E-state index is 12.8. The van der Waals surface area contributed by atoms with E-state index in [9.17, 15) is 9.59 Å². The molecule has 0 radical (unpaired) electrons. The Kier molecular flexibility index (Phi) is 6.68. The second kappa shape index (κ2) is 9.41. The van der Waals surface area contributed by atoms with Crippen molar-refractivity contribution in [1.29, 1.82) is 0 Å². The minimum Gasteiger partial charge on any atom is -0.493 e. The zero-order valence-corrected chi connectivity index (χ0v) is 18.0. The van der Waals surface area contributed by atoms with Gasteiger partial charge in [-0.25, -0.2) is 4.79 Å². The molecule has 2 aromatic heterocycles. The number of nitrogens with one attached hydrogen (secondary N) is 1. The number of hydrogen-bond donors (Lipinski definition) is 1. The molecule has 3 rings (SSSR count). The van der Waals surface area contributed by atoms with E-state index in [4.69, 9.17) is 14.2 Å². The van der Waals surface area contributed by atoms with Gasteiger partial charge in [-0.3, -0.25) is 9.78 Å². The molecule has 0 aliphatic heterocycles. The standard InChI is InChI=1S/C22H22N2O5S/c1-5-29-22(26)19-18(15-6-7-16(27-3)17(12-15)28-4)13(2)30-21(19)24-20(25)14-8-10-23-11-9-14/h6-12H,5H2,1-4H3,(H,24,25). The number of rotatable bonds is 7. The second-order valence-corrected chi connectivity index (χ2v) is 7.44. The molecular formula is C22H22N2O5S. The van der Waals surface area contributed by atoms with Crippen LogP contribution in [0.15, 0.2) is 42.7 Å². The Morgan fingerprint density at radius 1 is 1.07 bits per heavy atom. The van der Waals surface area contributed by atoms with Crippen molar-refractivity contribution in [1.82, 2.24) is 4.98 Å². The van der Waals surface area contributed by atoms with Crippen LogP contribution >= 0.6 is 11.3 Å². The molecule has 7 nitrogen and oxygen atoms in total. The lowest BCUT2D eigenvalue weighted by Crippen LogP contribution is -2.14. The third-order valence-corrected chi connectivity index (χ3v) is 5.43. The number of amides is 1. The molecule has 8 heteroatoms. The predicted octanol–water partition coefficient (Wildman–Crippen LogP) is 4.56. The van der Waals surface area contributed by atoms with Crippen LogP contribution in [0.5, 0.6) is 11.5 Å². The summed E-state index contributed by atoms with van der Waals surface area (Å²) in [7, 11) is 3.11. The summed E-state index contributed by atoms with van der Waals surface area (Å²) in [5.41, 5.74) is 2.20. The maximum Gasteiger partial charge on any atom is 0.341 e. The number of esters is 1. The lowest BCUT2D eigenvalue weighted by Gasteiger charge is -2.12. The quantitative estimate of drug-likeness (QED) is 0.557. The van der Waals surface area contributed by atoms with Gasteiger partial charge < -0.3 is 19.5 Å². The van der Waals surface area contributed by atoms with Gasteiger partial charge in [-0.15, -0.1) is 11.3 Å². The van der Waals surface area contributed by atoms with E-state index < -0.39 is 5.97 Å². The Morgan fingerprint density at radius 3 is 2.40 bits per heavy atom. The van der Waals surface area contributed by atoms with E-state index >= 15 is 0 Å². The van der Waals surface area contributed by atoms with Gasteiger partial charge in [-0.05, 0) is 43.7 Å². The molecule has 0 unspecified atom stereocenters. The fraction of sp³-hybridized carbons (Fsp3) is 0.227. The molecule has 1 aromatic carbocycles. The molecule has 1 N–H and O–H groups in total. The lowest BCUT2D eigenvalue weighted by atomic mass is 10.0. The van der Waals surface area contributed by atoms with Gasteiger partial charge in [0.05, 0.1) is 20.8 Å². The molecule has 0 bridgehead atoms. The minimum absolute atomic E-state index is 0.219. The van der Waals surface area contributed by atoms with Gasteiger partial charge in [0.15, 0.2) is 11.5 Å². The number of hydrogen-bond acceptors (Lipinski definition) is 7. The molecule has 0 atom stereocenters. The van der Waals surface area contributed by atoms with Crippen molar-refractivity contribution in [3.8, 4) is 22.6 Å². The molecule has 3 aromatic rings. The van der Waals surface area contributed by atoms with Crippen LogP contribution < -0.4 is 14.8 Å². The minimum atomic E-state index is -0.503. The van der Waals surface area contributed by atoms with Crippen LogP contribution in [0.25, 0.3) is 11.1 Å². The number of benzene rings is 1. The van der Waals surface area contributed by atoms with E-state index in [1.807, 2.05) is 13.0 Å². The largest absolute Gasteiger partial charge is 0.493 e. The molecular weight excluding hydrogens is 404 g/mol. The van der Waals surface area contributed by atoms with E-state index in [0.29, 0.717) is 33.2 Å². The molecule has 1 amide bonds. The van der Waals surface area contributed by atoms with Gasteiger partial charge in [-0.2, -0.15) is 0 Å². The van der Waals surface area contributed by atoms with Gasteiger partial charge >= 0.3 is 5.97 Å². The molecule has 2 heterocycles. The molecule has 0 saturated carbocycles. The maximum atomic E-state index is 12.8. The Morgan fingerprint density at radius 2 is 1.77 bits per heavy atom. The summed E-state index contributed by atoms with van der Waals surface area (Å²) in [5.74, 6) is 0.288. The highest BCUT2D eigenvalue weighted by Gasteiger charge is 2.26. The Hall–Kier alpha value is -3.39. The average Bonchev–Trinajstić information content (AvgIpc) is 3.09. The number of pyridine rings is 1. The summed E-state index contributed by atoms with van der Waals surface area (Å²) in [5, 5.41) is 3.27. The van der Waals surface area contributed by atoms with Crippen molar-refractivity contribution < 1.29 is 23.8 Å². The summed E-state index contributed by atoms with van der Waals surface area (Å²) >= 11 is 1.32. The second-order valence-electron chi connectivity index (χ2n) is 6.22. The van der Waals surface area contributed by atoms with Crippen molar-refractivity contribution in [2.75, 3.05) is 26.1 Å². The summed E-state index contributed by atoms with van der Waals surface area (Å²) in [6, 6.07) is 8.62. The molecule has 0 fully saturated rings. The highest BCUT2D eigenvalue weighted by atomic mass is 32.1. The molecule has 156 valence electrons. The first kappa shape index (κ1) is 21.3. The monoisotopic (exact) mass is 426 g/mol. The zero-order valence-electron chi connectivity index (χ0n) is 17.1. The number of carbonyl (C=O) groups excluding carboxylic acids is 2. The highest BCUT2D eigenvalue weighted by molar-refractivity contribution is 7.17. The highest BCUT2D eigenvalue weighted by Crippen LogP contribution is 2.43. The fourth-order valence-corrected chi connectivity index (χ4v) is 4.11. The first-order chi connectivity index (χ1) is 14.5. The van der Waals surface area contributed by atoms with Crippen LogP contribution in [-0.2, 0) is 4.74 Å². The van der Waals surface area contributed by atoms with Crippen molar-refractivity contribution in [3.63, 3.8) is 0 Å². The van der Waals surface area contributed by atoms with Crippen LogP contribution in [0.4, 0.5) is 5.00 Å². The van der Waals surface area contributed by atoms with Gasteiger partial charge in [0, 0.05) is 28.4 Å². The summed E-state index contributed by atoms with van der Waals surface area (Å²) in [6.07, 6.45) is 3.08. The Bertz CT molecular complexity index is 1060. The van der Waals surface area contributed by atoms with Crippen LogP contribution in [0.3, 0.4) is 0 Å². The first-order valence-electron chi connectivity index (χ1n) is 9.24. The average molecular weight is 426 g/mol. The van der Waals surface area contributed by atoms with E-state index in [2.05, 4.69) is 10.3 Å². The normalized spacial score (nSPS) is 10.4. The van der Waals surface area contributed by atoms with Gasteiger partial charge in [0.1, 0.15) is 10.6 Å². The number of aromatic nitrogens is 1. The number of anilines is 1. The van der Waals surface area contributed by atoms with E-state index in [-0.39, 0.29) is 12.5 Å². The van der Waals surface area contributed by atoms with E-state index in [0.717, 1.165) is 10.4 Å². The SMILES string of the molecule is CCOC(=O)c1c(NC(=O)c2ccncc2)sc(C)c1-c1ccc(OC)c(OC)c1. The number of methoxy groups -OCH3 is 2. The third-order valence-electron chi connectivity index (χ3n) is 4.41. The molecule has 0 saturated heterocycles. The molecule has 0 aliphatic carbocycles. The van der Waals surface area contributed by atoms with Crippen molar-refractivity contribution >= 4 is 28.2 Å². The number of aryl methyl sites for hydroxylation is 1. The van der Waals surface area contributed by atoms with Gasteiger partial charge in [-0.1, -0.05) is 6.07 Å². The summed E-state index contributed by atoms with van der Waals surface area (Å²) in [6.45, 7) is 3.85. The third kappa shape index (κ3) is 4.28. The molecule has 30 heavy (non-hydrogen) atoms. The van der Waals surface area contributed by atoms with Crippen molar-refractivity contribution in [2.45, 2.75) is 13.8 Å². The van der Waals surface area contributed by atoms with Crippen molar-refractivity contribution in [3.05, 3.63) is 58.7 Å².